The molecule has 0 heterocycles. The molecule has 6 nitrogen and oxygen atoms in total. The number of amides is 1. The van der Waals surface area contributed by atoms with Crippen molar-refractivity contribution in [2.75, 3.05) is 19.5 Å². The number of anilines is 1. The number of alkyl halides is 1. The third kappa shape index (κ3) is 6.82. The first kappa shape index (κ1) is 23.8. The Balaban J connectivity index is 2.32. The lowest BCUT2D eigenvalue weighted by Crippen LogP contribution is -2.08. The smallest absolute Gasteiger partial charge is 0.221 e. The Kier molecular flexibility index (Phi) is 9.27. The number of rotatable bonds is 11. The van der Waals surface area contributed by atoms with Gasteiger partial charge < -0.3 is 24.3 Å². The van der Waals surface area contributed by atoms with Crippen LogP contribution in [0.15, 0.2) is 30.3 Å². The number of aldehydes is 1. The van der Waals surface area contributed by atoms with Crippen molar-refractivity contribution in [3.05, 3.63) is 46.5 Å². The minimum absolute atomic E-state index is 0.222. The van der Waals surface area contributed by atoms with Crippen molar-refractivity contribution in [1.29, 1.82) is 0 Å². The number of nitrogens with one attached hydrogen (secondary N) is 1. The van der Waals surface area contributed by atoms with Crippen LogP contribution in [0.3, 0.4) is 0 Å². The molecule has 30 heavy (non-hydrogen) atoms. The Labute approximate surface area is 186 Å². The molecule has 1 amide bonds. The average Bonchev–Trinajstić information content (AvgIpc) is 2.73. The fourth-order valence-corrected chi connectivity index (χ4v) is 3.41. The maximum absolute atomic E-state index is 11.5. The molecule has 8 heteroatoms. The highest BCUT2D eigenvalue weighted by atomic mass is 35.5. The number of benzene rings is 2. The minimum Gasteiger partial charge on any atom is -0.497 e. The molecule has 1 unspecified atom stereocenters. The first-order valence-corrected chi connectivity index (χ1v) is 10.2. The zero-order chi connectivity index (χ0) is 22.1. The molecule has 0 bridgehead atoms. The predicted octanol–water partition coefficient (Wildman–Crippen LogP) is 5.54. The van der Waals surface area contributed by atoms with Crippen LogP contribution in [0.2, 0.25) is 5.02 Å². The Morgan fingerprint density at radius 3 is 2.37 bits per heavy atom. The Hall–Kier alpha value is -2.44. The zero-order valence-electron chi connectivity index (χ0n) is 17.2. The molecule has 0 saturated heterocycles. The lowest BCUT2D eigenvalue weighted by molar-refractivity contribution is -0.114. The van der Waals surface area contributed by atoms with Crippen molar-refractivity contribution >= 4 is 41.1 Å². The number of hydrogen-bond acceptors (Lipinski definition) is 5. The van der Waals surface area contributed by atoms with E-state index in [2.05, 4.69) is 5.32 Å². The highest BCUT2D eigenvalue weighted by molar-refractivity contribution is 6.34. The van der Waals surface area contributed by atoms with Gasteiger partial charge in [0.05, 0.1) is 30.3 Å². The number of unbranched alkanes of at least 4 members (excludes halogenated alkanes) is 1. The van der Waals surface area contributed by atoms with E-state index in [0.717, 1.165) is 11.8 Å². The van der Waals surface area contributed by atoms with Crippen LogP contribution in [0, 0.1) is 0 Å². The van der Waals surface area contributed by atoms with Gasteiger partial charge in [0.15, 0.2) is 0 Å². The van der Waals surface area contributed by atoms with Crippen LogP contribution in [-0.2, 0) is 16.2 Å². The van der Waals surface area contributed by atoms with E-state index in [0.29, 0.717) is 52.8 Å². The molecule has 1 N–H and O–H groups in total. The van der Waals surface area contributed by atoms with Crippen LogP contribution in [0.25, 0.3) is 0 Å². The summed E-state index contributed by atoms with van der Waals surface area (Å²) in [6.07, 6.45) is 2.53. The zero-order valence-corrected chi connectivity index (χ0v) is 18.7. The molecule has 1 atom stereocenters. The summed E-state index contributed by atoms with van der Waals surface area (Å²) in [6.45, 7) is 1.62. The molecular formula is C22H25Cl2NO5. The summed E-state index contributed by atoms with van der Waals surface area (Å²) in [4.78, 5) is 22.1. The fraction of sp³-hybridized carbons (Fsp3) is 0.364. The van der Waals surface area contributed by atoms with E-state index in [9.17, 15) is 9.59 Å². The van der Waals surface area contributed by atoms with Crippen LogP contribution >= 0.6 is 23.2 Å². The van der Waals surface area contributed by atoms with Gasteiger partial charge in [-0.1, -0.05) is 11.6 Å². The van der Waals surface area contributed by atoms with Gasteiger partial charge in [-0.2, -0.15) is 0 Å². The standard InChI is InChI=1S/C22H25Cl2NO5/c1-14(27)25-21-12-22(18(11-20(21)24)19(23)6-4-5-7-26)30-13-15-8-16(28-2)10-17(9-15)29-3/h7-12,19H,4-6,13H2,1-3H3,(H,25,27). The van der Waals surface area contributed by atoms with Crippen LogP contribution in [0.1, 0.15) is 42.7 Å². The monoisotopic (exact) mass is 453 g/mol. The van der Waals surface area contributed by atoms with Crippen molar-refractivity contribution in [1.82, 2.24) is 0 Å². The topological polar surface area (TPSA) is 73.9 Å². The summed E-state index contributed by atoms with van der Waals surface area (Å²) in [5, 5.41) is 2.64. The molecule has 0 aliphatic carbocycles. The summed E-state index contributed by atoms with van der Waals surface area (Å²) in [5.41, 5.74) is 1.96. The third-order valence-corrected chi connectivity index (χ3v) is 5.10. The second-order valence-electron chi connectivity index (χ2n) is 6.63. The molecule has 0 radical (unpaired) electrons. The van der Waals surface area contributed by atoms with E-state index in [4.69, 9.17) is 37.4 Å². The van der Waals surface area contributed by atoms with Crippen molar-refractivity contribution in [3.8, 4) is 17.2 Å². The largest absolute Gasteiger partial charge is 0.497 e. The Morgan fingerprint density at radius 1 is 1.13 bits per heavy atom. The highest BCUT2D eigenvalue weighted by Crippen LogP contribution is 2.39. The van der Waals surface area contributed by atoms with E-state index < -0.39 is 5.38 Å². The third-order valence-electron chi connectivity index (χ3n) is 4.33. The number of carbonyl (C=O) groups is 2. The summed E-state index contributed by atoms with van der Waals surface area (Å²) in [5.74, 6) is 1.54. The molecule has 0 saturated carbocycles. The van der Waals surface area contributed by atoms with Crippen molar-refractivity contribution in [2.45, 2.75) is 38.2 Å². The molecule has 2 rings (SSSR count). The van der Waals surface area contributed by atoms with Crippen LogP contribution in [-0.4, -0.2) is 26.4 Å². The summed E-state index contributed by atoms with van der Waals surface area (Å²) < 4.78 is 16.6. The van der Waals surface area contributed by atoms with E-state index in [1.165, 1.54) is 6.92 Å². The Bertz CT molecular complexity index is 866. The second kappa shape index (κ2) is 11.7. The van der Waals surface area contributed by atoms with Gasteiger partial charge in [0.25, 0.3) is 0 Å². The molecule has 2 aromatic carbocycles. The van der Waals surface area contributed by atoms with Gasteiger partial charge in [-0.3, -0.25) is 4.79 Å². The maximum Gasteiger partial charge on any atom is 0.221 e. The molecule has 0 aliphatic rings. The van der Waals surface area contributed by atoms with Gasteiger partial charge in [0, 0.05) is 31.0 Å². The van der Waals surface area contributed by atoms with E-state index in [1.54, 1.807) is 32.4 Å². The second-order valence-corrected chi connectivity index (χ2v) is 7.56. The van der Waals surface area contributed by atoms with Crippen molar-refractivity contribution in [3.63, 3.8) is 0 Å². The Morgan fingerprint density at radius 2 is 1.80 bits per heavy atom. The summed E-state index contributed by atoms with van der Waals surface area (Å²) in [6, 6.07) is 8.80. The van der Waals surface area contributed by atoms with Gasteiger partial charge in [-0.15, -0.1) is 11.6 Å². The number of ether oxygens (including phenoxy) is 3. The van der Waals surface area contributed by atoms with Gasteiger partial charge in [-0.05, 0) is 36.6 Å². The average molecular weight is 454 g/mol. The first-order chi connectivity index (χ1) is 14.4. The van der Waals surface area contributed by atoms with Crippen molar-refractivity contribution in [2.24, 2.45) is 0 Å². The van der Waals surface area contributed by atoms with Crippen LogP contribution < -0.4 is 19.5 Å². The first-order valence-electron chi connectivity index (χ1n) is 9.41. The predicted molar refractivity (Wildman–Crippen MR) is 118 cm³/mol. The molecular weight excluding hydrogens is 429 g/mol. The van der Waals surface area contributed by atoms with Crippen molar-refractivity contribution < 1.29 is 23.8 Å². The van der Waals surface area contributed by atoms with Crippen LogP contribution in [0.4, 0.5) is 5.69 Å². The molecule has 2 aromatic rings. The molecule has 0 fully saturated rings. The number of carbonyl (C=O) groups excluding carboxylic acids is 2. The van der Waals surface area contributed by atoms with Gasteiger partial charge in [-0.25, -0.2) is 0 Å². The van der Waals surface area contributed by atoms with Gasteiger partial charge in [0.1, 0.15) is 30.1 Å². The normalized spacial score (nSPS) is 11.5. The SMILES string of the molecule is COc1cc(COc2cc(NC(C)=O)c(Cl)cc2C(Cl)CCCC=O)cc(OC)c1. The number of halogens is 2. The molecule has 0 aromatic heterocycles. The summed E-state index contributed by atoms with van der Waals surface area (Å²) >= 11 is 12.9. The highest BCUT2D eigenvalue weighted by Gasteiger charge is 2.18. The lowest BCUT2D eigenvalue weighted by atomic mass is 10.0. The fourth-order valence-electron chi connectivity index (χ4n) is 2.87. The lowest BCUT2D eigenvalue weighted by Gasteiger charge is -2.18. The quantitative estimate of drug-likeness (QED) is 0.274. The number of methoxy groups -OCH3 is 2. The van der Waals surface area contributed by atoms with E-state index >= 15 is 0 Å². The van der Waals surface area contributed by atoms with Crippen LogP contribution in [0.5, 0.6) is 17.2 Å². The van der Waals surface area contributed by atoms with Gasteiger partial charge in [0.2, 0.25) is 5.91 Å². The minimum atomic E-state index is -0.399. The van der Waals surface area contributed by atoms with E-state index in [-0.39, 0.29) is 12.5 Å². The van der Waals surface area contributed by atoms with E-state index in [1.807, 2.05) is 12.1 Å². The number of hydrogen-bond donors (Lipinski definition) is 1. The molecule has 162 valence electrons. The molecule has 0 spiro atoms. The van der Waals surface area contributed by atoms with Gasteiger partial charge >= 0.3 is 0 Å². The summed E-state index contributed by atoms with van der Waals surface area (Å²) in [7, 11) is 3.15. The maximum atomic E-state index is 11.5. The molecule has 0 aliphatic heterocycles.